The van der Waals surface area contributed by atoms with Crippen LogP contribution in [0.1, 0.15) is 12.5 Å². The molecule has 0 radical (unpaired) electrons. The summed E-state index contributed by atoms with van der Waals surface area (Å²) in [5.41, 5.74) is 1.23. The topological polar surface area (TPSA) is 37.4 Å². The van der Waals surface area contributed by atoms with Crippen molar-refractivity contribution in [3.05, 3.63) is 29.6 Å². The average Bonchev–Trinajstić information content (AvgIpc) is 2.47. The molecule has 1 aromatic carbocycles. The van der Waals surface area contributed by atoms with Crippen LogP contribution in [0.25, 0.3) is 0 Å². The van der Waals surface area contributed by atoms with E-state index in [1.165, 1.54) is 6.07 Å². The highest BCUT2D eigenvalue weighted by atomic mass is 79.9. The first-order chi connectivity index (χ1) is 9.49. The molecule has 1 atom stereocenters. The van der Waals surface area contributed by atoms with E-state index in [0.717, 1.165) is 11.3 Å². The SMILES string of the molecule is CCS(=O)(=O)C1CSCCN1c1ccc(CBr)cc1F. The van der Waals surface area contributed by atoms with E-state index >= 15 is 0 Å². The maximum absolute atomic E-state index is 14.2. The number of hydrogen-bond donors (Lipinski definition) is 0. The Morgan fingerprint density at radius 1 is 1.50 bits per heavy atom. The molecule has 0 N–H and O–H groups in total. The van der Waals surface area contributed by atoms with Gasteiger partial charge in [0.1, 0.15) is 11.2 Å². The summed E-state index contributed by atoms with van der Waals surface area (Å²) in [6.45, 7) is 2.19. The fourth-order valence-electron chi connectivity index (χ4n) is 2.21. The van der Waals surface area contributed by atoms with Crippen LogP contribution >= 0.6 is 27.7 Å². The van der Waals surface area contributed by atoms with E-state index in [9.17, 15) is 12.8 Å². The fourth-order valence-corrected chi connectivity index (χ4v) is 5.55. The quantitative estimate of drug-likeness (QED) is 0.751. The van der Waals surface area contributed by atoms with Crippen molar-refractivity contribution in [2.24, 2.45) is 0 Å². The lowest BCUT2D eigenvalue weighted by Gasteiger charge is -2.36. The van der Waals surface area contributed by atoms with Crippen LogP contribution in [-0.4, -0.2) is 37.6 Å². The minimum atomic E-state index is -3.22. The number of halogens is 2. The van der Waals surface area contributed by atoms with E-state index in [1.807, 2.05) is 6.07 Å². The number of nitrogens with zero attached hydrogens (tertiary/aromatic N) is 1. The molecular formula is C13H17BrFNO2S2. The summed E-state index contributed by atoms with van der Waals surface area (Å²) >= 11 is 4.89. The maximum atomic E-state index is 14.2. The van der Waals surface area contributed by atoms with Crippen molar-refractivity contribution in [2.45, 2.75) is 17.6 Å². The van der Waals surface area contributed by atoms with E-state index in [-0.39, 0.29) is 11.6 Å². The van der Waals surface area contributed by atoms with Crippen molar-refractivity contribution in [1.82, 2.24) is 0 Å². The molecule has 0 spiro atoms. The lowest BCUT2D eigenvalue weighted by Crippen LogP contribution is -2.48. The Labute approximate surface area is 132 Å². The molecule has 1 aliphatic heterocycles. The zero-order valence-electron chi connectivity index (χ0n) is 11.2. The van der Waals surface area contributed by atoms with E-state index in [0.29, 0.717) is 23.3 Å². The molecule has 1 aromatic rings. The van der Waals surface area contributed by atoms with Gasteiger partial charge in [-0.25, -0.2) is 12.8 Å². The summed E-state index contributed by atoms with van der Waals surface area (Å²) in [6.07, 6.45) is 0. The van der Waals surface area contributed by atoms with Crippen LogP contribution in [0.3, 0.4) is 0 Å². The van der Waals surface area contributed by atoms with Gasteiger partial charge in [-0.1, -0.05) is 28.9 Å². The van der Waals surface area contributed by atoms with Gasteiger partial charge >= 0.3 is 0 Å². The summed E-state index contributed by atoms with van der Waals surface area (Å²) in [5, 5.41) is -0.0490. The van der Waals surface area contributed by atoms with Crippen molar-refractivity contribution < 1.29 is 12.8 Å². The molecule has 1 aliphatic rings. The molecule has 1 unspecified atom stereocenters. The molecule has 112 valence electrons. The maximum Gasteiger partial charge on any atom is 0.171 e. The first kappa shape index (κ1) is 16.1. The predicted octanol–water partition coefficient (Wildman–Crippen LogP) is 3.03. The highest BCUT2D eigenvalue weighted by molar-refractivity contribution is 9.08. The molecule has 0 bridgehead atoms. The summed E-state index contributed by atoms with van der Waals surface area (Å²) in [6, 6.07) is 4.96. The average molecular weight is 382 g/mol. The molecule has 1 saturated heterocycles. The standard InChI is InChI=1S/C13H17BrFNO2S2/c1-2-20(17,18)13-9-19-6-5-16(13)12-4-3-10(8-14)7-11(12)15/h3-4,7,13H,2,5-6,8-9H2,1H3. The van der Waals surface area contributed by atoms with Gasteiger partial charge in [-0.05, 0) is 17.7 Å². The Morgan fingerprint density at radius 3 is 2.85 bits per heavy atom. The number of sulfone groups is 1. The number of anilines is 1. The third-order valence-corrected chi connectivity index (χ3v) is 7.31. The van der Waals surface area contributed by atoms with Crippen LogP contribution in [0.2, 0.25) is 0 Å². The molecule has 7 heteroatoms. The van der Waals surface area contributed by atoms with Crippen LogP contribution in [0.15, 0.2) is 18.2 Å². The number of alkyl halides is 1. The van der Waals surface area contributed by atoms with Gasteiger partial charge in [-0.2, -0.15) is 11.8 Å². The van der Waals surface area contributed by atoms with Gasteiger partial charge < -0.3 is 4.90 Å². The number of benzene rings is 1. The zero-order chi connectivity index (χ0) is 14.8. The molecule has 1 heterocycles. The Hall–Kier alpha value is -0.270. The molecule has 20 heavy (non-hydrogen) atoms. The van der Waals surface area contributed by atoms with Crippen LogP contribution in [0, 0.1) is 5.82 Å². The Balaban J connectivity index is 2.38. The van der Waals surface area contributed by atoms with Crippen molar-refractivity contribution >= 4 is 43.2 Å². The van der Waals surface area contributed by atoms with Gasteiger partial charge in [-0.15, -0.1) is 0 Å². The lowest BCUT2D eigenvalue weighted by atomic mass is 10.2. The van der Waals surface area contributed by atoms with E-state index in [2.05, 4.69) is 15.9 Å². The molecule has 0 aromatic heterocycles. The smallest absolute Gasteiger partial charge is 0.171 e. The largest absolute Gasteiger partial charge is 0.351 e. The van der Waals surface area contributed by atoms with Crippen molar-refractivity contribution in [2.75, 3.05) is 28.7 Å². The second-order valence-corrected chi connectivity index (χ2v) is 8.75. The lowest BCUT2D eigenvalue weighted by molar-refractivity contribution is 0.574. The van der Waals surface area contributed by atoms with Gasteiger partial charge in [0, 0.05) is 29.1 Å². The third-order valence-electron chi connectivity index (χ3n) is 3.38. The van der Waals surface area contributed by atoms with E-state index < -0.39 is 15.2 Å². The van der Waals surface area contributed by atoms with Crippen LogP contribution < -0.4 is 4.90 Å². The first-order valence-electron chi connectivity index (χ1n) is 6.40. The van der Waals surface area contributed by atoms with Crippen molar-refractivity contribution in [3.63, 3.8) is 0 Å². The van der Waals surface area contributed by atoms with Crippen molar-refractivity contribution in [3.8, 4) is 0 Å². The molecule has 0 aliphatic carbocycles. The molecule has 3 nitrogen and oxygen atoms in total. The van der Waals surface area contributed by atoms with Gasteiger partial charge in [0.15, 0.2) is 9.84 Å². The number of thioether (sulfide) groups is 1. The first-order valence-corrected chi connectivity index (χ1v) is 10.4. The number of hydrogen-bond acceptors (Lipinski definition) is 4. The van der Waals surface area contributed by atoms with E-state index in [1.54, 1.807) is 29.7 Å². The second kappa shape index (κ2) is 6.66. The molecule has 0 amide bonds. The Bertz CT molecular complexity index is 580. The van der Waals surface area contributed by atoms with Gasteiger partial charge in [0.05, 0.1) is 5.69 Å². The minimum Gasteiger partial charge on any atom is -0.351 e. The molecule has 0 saturated carbocycles. The third kappa shape index (κ3) is 3.31. The summed E-state index contributed by atoms with van der Waals surface area (Å²) in [4.78, 5) is 1.70. The summed E-state index contributed by atoms with van der Waals surface area (Å²) in [5.74, 6) is 1.03. The Morgan fingerprint density at radius 2 is 2.25 bits per heavy atom. The fraction of sp³-hybridized carbons (Fsp3) is 0.538. The zero-order valence-corrected chi connectivity index (χ0v) is 14.4. The van der Waals surface area contributed by atoms with Crippen LogP contribution in [-0.2, 0) is 15.2 Å². The van der Waals surface area contributed by atoms with E-state index in [4.69, 9.17) is 0 Å². The summed E-state index contributed by atoms with van der Waals surface area (Å²) in [7, 11) is -3.22. The minimum absolute atomic E-state index is 0.0792. The predicted molar refractivity (Wildman–Crippen MR) is 87.0 cm³/mol. The number of rotatable bonds is 4. The Kier molecular flexibility index (Phi) is 5.36. The molecule has 2 rings (SSSR count). The highest BCUT2D eigenvalue weighted by Crippen LogP contribution is 2.30. The summed E-state index contributed by atoms with van der Waals surface area (Å²) < 4.78 is 38.6. The molecule has 1 fully saturated rings. The normalized spacial score (nSPS) is 20.1. The second-order valence-electron chi connectivity index (χ2n) is 4.59. The monoisotopic (exact) mass is 381 g/mol. The highest BCUT2D eigenvalue weighted by Gasteiger charge is 2.34. The van der Waals surface area contributed by atoms with Gasteiger partial charge in [0.2, 0.25) is 0 Å². The van der Waals surface area contributed by atoms with Crippen LogP contribution in [0.4, 0.5) is 10.1 Å². The van der Waals surface area contributed by atoms with Crippen molar-refractivity contribution in [1.29, 1.82) is 0 Å². The van der Waals surface area contributed by atoms with Crippen LogP contribution in [0.5, 0.6) is 0 Å². The van der Waals surface area contributed by atoms with Gasteiger partial charge in [-0.3, -0.25) is 0 Å². The van der Waals surface area contributed by atoms with Gasteiger partial charge in [0.25, 0.3) is 0 Å². The molecular weight excluding hydrogens is 365 g/mol.